The number of carbonyl (C=O) groups excluding carboxylic acids is 3. The maximum absolute atomic E-state index is 13.5. The van der Waals surface area contributed by atoms with Gasteiger partial charge >= 0.3 is 5.97 Å². The van der Waals surface area contributed by atoms with Crippen molar-refractivity contribution in [2.75, 3.05) is 5.73 Å². The Morgan fingerprint density at radius 2 is 1.58 bits per heavy atom. The molecule has 0 aromatic heterocycles. The Labute approximate surface area is 255 Å². The predicted octanol–water partition coefficient (Wildman–Crippen LogP) is 1.51. The first-order chi connectivity index (χ1) is 20.2. The van der Waals surface area contributed by atoms with Gasteiger partial charge in [-0.25, -0.2) is 8.42 Å². The molecule has 0 saturated heterocycles. The van der Waals surface area contributed by atoms with Gasteiger partial charge in [0.1, 0.15) is 17.9 Å². The van der Waals surface area contributed by atoms with Crippen LogP contribution in [-0.4, -0.2) is 55.1 Å². The van der Waals surface area contributed by atoms with Gasteiger partial charge in [0, 0.05) is 27.7 Å². The first kappa shape index (κ1) is 32.9. The number of carboxylic acids is 1. The van der Waals surface area contributed by atoms with Crippen molar-refractivity contribution in [3.8, 4) is 0 Å². The molecule has 9 N–H and O–H groups in total. The Morgan fingerprint density at radius 1 is 0.907 bits per heavy atom. The standard InChI is InChI=1S/C28H29BrN6O7S/c29-19-4-2-6-21(15-19)43(41,42)35-23(13-16-7-9-17(10-8-16)25(31)32)28(40)33-22(11-12-24(36)37)27(39)34-26(38)18-3-1-5-20(30)14-18/h1-10,14-15,22-23,35H,11-13,30H2,(H3,31,32)(H,33,40)(H,36,37)(H,34,38,39)/t22-,23-/m0/s1. The van der Waals surface area contributed by atoms with E-state index in [4.69, 9.17) is 16.9 Å². The number of carboxylic acid groups (broad SMARTS) is 1. The fourth-order valence-corrected chi connectivity index (χ4v) is 5.69. The van der Waals surface area contributed by atoms with Crippen LogP contribution in [0.5, 0.6) is 0 Å². The molecule has 0 aliphatic carbocycles. The average molecular weight is 674 g/mol. The summed E-state index contributed by atoms with van der Waals surface area (Å²) in [6.07, 6.45) is -1.12. The number of carbonyl (C=O) groups is 4. The zero-order valence-corrected chi connectivity index (χ0v) is 24.9. The van der Waals surface area contributed by atoms with Crippen LogP contribution < -0.4 is 26.8 Å². The summed E-state index contributed by atoms with van der Waals surface area (Å²) in [4.78, 5) is 50.3. The summed E-state index contributed by atoms with van der Waals surface area (Å²) in [6, 6.07) is 14.8. The van der Waals surface area contributed by atoms with Crippen LogP contribution in [-0.2, 0) is 30.8 Å². The Kier molecular flexibility index (Phi) is 11.1. The number of rotatable bonds is 13. The fourth-order valence-electron chi connectivity index (χ4n) is 3.89. The highest BCUT2D eigenvalue weighted by Crippen LogP contribution is 2.17. The van der Waals surface area contributed by atoms with Gasteiger partial charge in [0.15, 0.2) is 0 Å². The third-order valence-corrected chi connectivity index (χ3v) is 8.05. The average Bonchev–Trinajstić information content (AvgIpc) is 2.94. The second-order valence-corrected chi connectivity index (χ2v) is 12.0. The third-order valence-electron chi connectivity index (χ3n) is 6.09. The molecule has 0 bridgehead atoms. The first-order valence-corrected chi connectivity index (χ1v) is 15.0. The number of amidine groups is 1. The Balaban J connectivity index is 1.89. The lowest BCUT2D eigenvalue weighted by Gasteiger charge is -2.23. The molecule has 0 aliphatic rings. The summed E-state index contributed by atoms with van der Waals surface area (Å²) in [5.74, 6) is -4.22. The van der Waals surface area contributed by atoms with Gasteiger partial charge in [0.05, 0.1) is 4.90 Å². The maximum Gasteiger partial charge on any atom is 0.303 e. The topological polar surface area (TPSA) is 235 Å². The molecule has 0 radical (unpaired) electrons. The van der Waals surface area contributed by atoms with Crippen LogP contribution in [0.25, 0.3) is 0 Å². The van der Waals surface area contributed by atoms with E-state index in [0.29, 0.717) is 15.6 Å². The third kappa shape index (κ3) is 9.73. The molecule has 2 atom stereocenters. The van der Waals surface area contributed by atoms with Crippen molar-refractivity contribution in [2.24, 2.45) is 5.73 Å². The normalized spacial score (nSPS) is 12.5. The van der Waals surface area contributed by atoms with Crippen molar-refractivity contribution in [3.63, 3.8) is 0 Å². The molecule has 226 valence electrons. The monoisotopic (exact) mass is 672 g/mol. The van der Waals surface area contributed by atoms with E-state index >= 15 is 0 Å². The van der Waals surface area contributed by atoms with Gasteiger partial charge in [-0.05, 0) is 54.8 Å². The van der Waals surface area contributed by atoms with E-state index in [1.807, 2.05) is 0 Å². The number of nitrogens with one attached hydrogen (secondary N) is 4. The van der Waals surface area contributed by atoms with Gasteiger partial charge in [-0.1, -0.05) is 52.3 Å². The number of sulfonamides is 1. The highest BCUT2D eigenvalue weighted by Gasteiger charge is 2.31. The van der Waals surface area contributed by atoms with E-state index in [2.05, 4.69) is 31.3 Å². The minimum Gasteiger partial charge on any atom is -0.481 e. The molecular weight excluding hydrogens is 644 g/mol. The van der Waals surface area contributed by atoms with Gasteiger partial charge in [-0.15, -0.1) is 0 Å². The number of benzene rings is 3. The molecule has 0 heterocycles. The van der Waals surface area contributed by atoms with Crippen molar-refractivity contribution in [1.29, 1.82) is 5.41 Å². The molecule has 3 rings (SSSR count). The number of nitrogen functional groups attached to an aromatic ring is 2. The van der Waals surface area contributed by atoms with Crippen LogP contribution in [0.3, 0.4) is 0 Å². The predicted molar refractivity (Wildman–Crippen MR) is 162 cm³/mol. The highest BCUT2D eigenvalue weighted by atomic mass is 79.9. The number of hydrogen-bond acceptors (Lipinski definition) is 8. The van der Waals surface area contributed by atoms with Crippen molar-refractivity contribution in [1.82, 2.24) is 15.4 Å². The second-order valence-electron chi connectivity index (χ2n) is 9.38. The van der Waals surface area contributed by atoms with Gasteiger partial charge in [0.25, 0.3) is 5.91 Å². The molecule has 3 amide bonds. The molecule has 0 saturated carbocycles. The molecule has 0 unspecified atom stereocenters. The number of imide groups is 1. The van der Waals surface area contributed by atoms with Gasteiger partial charge in [-0.3, -0.25) is 29.9 Å². The maximum atomic E-state index is 13.5. The number of anilines is 1. The number of hydrogen-bond donors (Lipinski definition) is 7. The summed E-state index contributed by atoms with van der Waals surface area (Å²) in [7, 11) is -4.27. The summed E-state index contributed by atoms with van der Waals surface area (Å²) >= 11 is 3.21. The molecule has 3 aromatic rings. The van der Waals surface area contributed by atoms with E-state index in [-0.39, 0.29) is 28.4 Å². The van der Waals surface area contributed by atoms with Crippen LogP contribution in [0.15, 0.2) is 82.2 Å². The first-order valence-electron chi connectivity index (χ1n) is 12.7. The molecule has 0 spiro atoms. The Bertz CT molecular complexity index is 1650. The van der Waals surface area contributed by atoms with Gasteiger partial charge in [0.2, 0.25) is 21.8 Å². The largest absolute Gasteiger partial charge is 0.481 e. The molecule has 0 fully saturated rings. The van der Waals surface area contributed by atoms with E-state index < -0.39 is 58.6 Å². The highest BCUT2D eigenvalue weighted by molar-refractivity contribution is 9.10. The van der Waals surface area contributed by atoms with E-state index in [1.165, 1.54) is 54.6 Å². The number of amides is 3. The Morgan fingerprint density at radius 3 is 2.19 bits per heavy atom. The molecule has 0 aliphatic heterocycles. The van der Waals surface area contributed by atoms with Gasteiger partial charge in [-0.2, -0.15) is 4.72 Å². The van der Waals surface area contributed by atoms with Crippen molar-refractivity contribution in [3.05, 3.63) is 94.0 Å². The number of halogens is 1. The van der Waals surface area contributed by atoms with Crippen LogP contribution >= 0.6 is 15.9 Å². The minimum absolute atomic E-state index is 0.0605. The summed E-state index contributed by atoms with van der Waals surface area (Å²) in [6.45, 7) is 0. The van der Waals surface area contributed by atoms with Crippen LogP contribution in [0, 0.1) is 5.41 Å². The lowest BCUT2D eigenvalue weighted by molar-refractivity contribution is -0.138. The Hall–Kier alpha value is -4.60. The zero-order chi connectivity index (χ0) is 31.7. The second kappa shape index (κ2) is 14.5. The van der Waals surface area contributed by atoms with Gasteiger partial charge < -0.3 is 21.9 Å². The zero-order valence-electron chi connectivity index (χ0n) is 22.5. The van der Waals surface area contributed by atoms with E-state index in [9.17, 15) is 32.7 Å². The van der Waals surface area contributed by atoms with E-state index in [1.54, 1.807) is 18.2 Å². The minimum atomic E-state index is -4.27. The summed E-state index contributed by atoms with van der Waals surface area (Å²) in [5, 5.41) is 21.3. The fraction of sp³-hybridized carbons (Fsp3) is 0.179. The summed E-state index contributed by atoms with van der Waals surface area (Å²) < 4.78 is 29.3. The van der Waals surface area contributed by atoms with Crippen LogP contribution in [0.2, 0.25) is 0 Å². The number of aliphatic carboxylic acids is 1. The van der Waals surface area contributed by atoms with Crippen LogP contribution in [0.4, 0.5) is 5.69 Å². The SMILES string of the molecule is N=C(N)c1ccc(C[C@H](NS(=O)(=O)c2cccc(Br)c2)C(=O)N[C@@H](CCC(=O)O)C(=O)NC(=O)c2cccc(N)c2)cc1. The molecule has 15 heteroatoms. The lowest BCUT2D eigenvalue weighted by atomic mass is 10.0. The quantitative estimate of drug-likeness (QED) is 0.0790. The van der Waals surface area contributed by atoms with Crippen molar-refractivity contribution < 1.29 is 32.7 Å². The molecule has 13 nitrogen and oxygen atoms in total. The van der Waals surface area contributed by atoms with E-state index in [0.717, 1.165) is 0 Å². The van der Waals surface area contributed by atoms with Crippen molar-refractivity contribution >= 4 is 61.2 Å². The number of nitrogens with two attached hydrogens (primary N) is 2. The smallest absolute Gasteiger partial charge is 0.303 e. The molecular formula is C28H29BrN6O7S. The lowest BCUT2D eigenvalue weighted by Crippen LogP contribution is -2.55. The van der Waals surface area contributed by atoms with Crippen LogP contribution in [0.1, 0.15) is 34.3 Å². The molecule has 3 aromatic carbocycles. The molecule has 43 heavy (non-hydrogen) atoms. The van der Waals surface area contributed by atoms with Crippen molar-refractivity contribution in [2.45, 2.75) is 36.2 Å². The summed E-state index contributed by atoms with van der Waals surface area (Å²) in [5.41, 5.74) is 12.4.